The van der Waals surface area contributed by atoms with Gasteiger partial charge in [0.1, 0.15) is 0 Å². The van der Waals surface area contributed by atoms with Gasteiger partial charge < -0.3 is 9.47 Å². The Balaban J connectivity index is 2.42. The maximum absolute atomic E-state index is 10.6. The van der Waals surface area contributed by atoms with E-state index in [4.69, 9.17) is 0 Å². The average molecular weight is 158 g/mol. The predicted octanol–water partition coefficient (Wildman–Crippen LogP) is 0.257. The monoisotopic (exact) mass is 158 g/mol. The Morgan fingerprint density at radius 2 is 1.27 bits per heavy atom. The van der Waals surface area contributed by atoms with Crippen molar-refractivity contribution in [1.29, 1.82) is 0 Å². The zero-order valence-corrected chi connectivity index (χ0v) is 6.17. The minimum atomic E-state index is -0.869. The zero-order valence-electron chi connectivity index (χ0n) is 6.17. The fraction of sp³-hybridized carbons (Fsp3) is 0.714. The molecule has 0 bridgehead atoms. The lowest BCUT2D eigenvalue weighted by atomic mass is 10.2. The highest BCUT2D eigenvalue weighted by molar-refractivity contribution is 6.29. The van der Waals surface area contributed by atoms with Gasteiger partial charge in [-0.3, -0.25) is 0 Å². The lowest BCUT2D eigenvalue weighted by molar-refractivity contribution is -0.167. The van der Waals surface area contributed by atoms with Gasteiger partial charge >= 0.3 is 11.9 Å². The van der Waals surface area contributed by atoms with E-state index in [0.717, 1.165) is 19.3 Å². The minimum Gasteiger partial charge on any atom is -0.457 e. The van der Waals surface area contributed by atoms with Gasteiger partial charge in [-0.1, -0.05) is 0 Å². The molecule has 1 heterocycles. The van der Waals surface area contributed by atoms with E-state index in [1.165, 1.54) is 0 Å². The normalized spacial score (nSPS) is 20.7. The van der Waals surface area contributed by atoms with Gasteiger partial charge in [-0.05, 0) is 19.3 Å². The van der Waals surface area contributed by atoms with E-state index in [0.29, 0.717) is 13.2 Å². The largest absolute Gasteiger partial charge is 0.457 e. The molecule has 11 heavy (non-hydrogen) atoms. The summed E-state index contributed by atoms with van der Waals surface area (Å²) < 4.78 is 9.12. The summed E-state index contributed by atoms with van der Waals surface area (Å²) in [5, 5.41) is 0. The van der Waals surface area contributed by atoms with Crippen LogP contribution in [0.5, 0.6) is 0 Å². The van der Waals surface area contributed by atoms with Gasteiger partial charge in [-0.2, -0.15) is 0 Å². The van der Waals surface area contributed by atoms with Gasteiger partial charge in [-0.15, -0.1) is 0 Å². The number of hydrogen-bond acceptors (Lipinski definition) is 4. The predicted molar refractivity (Wildman–Crippen MR) is 35.8 cm³/mol. The van der Waals surface area contributed by atoms with Gasteiger partial charge in [0.25, 0.3) is 0 Å². The van der Waals surface area contributed by atoms with Crippen LogP contribution in [0.15, 0.2) is 0 Å². The smallest absolute Gasteiger partial charge is 0.417 e. The van der Waals surface area contributed by atoms with Crippen LogP contribution < -0.4 is 0 Å². The third-order valence-electron chi connectivity index (χ3n) is 1.42. The van der Waals surface area contributed by atoms with E-state index in [1.807, 2.05) is 0 Å². The lowest BCUT2D eigenvalue weighted by Gasteiger charge is -1.99. The van der Waals surface area contributed by atoms with Gasteiger partial charge in [0, 0.05) is 0 Å². The van der Waals surface area contributed by atoms with Crippen LogP contribution in [-0.4, -0.2) is 25.2 Å². The van der Waals surface area contributed by atoms with Gasteiger partial charge in [0.2, 0.25) is 0 Å². The van der Waals surface area contributed by atoms with Crippen molar-refractivity contribution in [3.63, 3.8) is 0 Å². The molecule has 0 radical (unpaired) electrons. The molecule has 0 saturated carbocycles. The molecule has 1 saturated heterocycles. The molecule has 1 rings (SSSR count). The second-order valence-corrected chi connectivity index (χ2v) is 2.33. The van der Waals surface area contributed by atoms with Crippen molar-refractivity contribution in [2.24, 2.45) is 0 Å². The first-order valence-electron chi connectivity index (χ1n) is 3.64. The Labute approximate surface area is 64.5 Å². The molecule has 0 atom stereocenters. The number of ether oxygens (including phenoxy) is 2. The molecule has 1 aliphatic heterocycles. The fourth-order valence-corrected chi connectivity index (χ4v) is 0.828. The first-order valence-corrected chi connectivity index (χ1v) is 3.64. The molecule has 4 nitrogen and oxygen atoms in total. The Morgan fingerprint density at radius 3 is 1.73 bits per heavy atom. The maximum atomic E-state index is 10.6. The van der Waals surface area contributed by atoms with Crippen molar-refractivity contribution in [2.75, 3.05) is 13.2 Å². The summed E-state index contributed by atoms with van der Waals surface area (Å²) in [6.07, 6.45) is 2.55. The number of carbonyl (C=O) groups excluding carboxylic acids is 2. The Morgan fingerprint density at radius 1 is 0.818 bits per heavy atom. The van der Waals surface area contributed by atoms with Gasteiger partial charge in [-0.25, -0.2) is 9.59 Å². The van der Waals surface area contributed by atoms with Crippen LogP contribution in [0.25, 0.3) is 0 Å². The Bertz CT molecular complexity index is 146. The second kappa shape index (κ2) is 3.95. The van der Waals surface area contributed by atoms with Crippen molar-refractivity contribution in [3.05, 3.63) is 0 Å². The van der Waals surface area contributed by atoms with E-state index < -0.39 is 11.9 Å². The molecule has 1 fully saturated rings. The summed E-state index contributed by atoms with van der Waals surface area (Å²) in [7, 11) is 0. The summed E-state index contributed by atoms with van der Waals surface area (Å²) in [4.78, 5) is 21.2. The number of rotatable bonds is 0. The third-order valence-corrected chi connectivity index (χ3v) is 1.42. The standard InChI is InChI=1S/C7H10O4/c8-6-7(9)11-5-3-1-2-4-10-6/h1-5H2. The fourth-order valence-electron chi connectivity index (χ4n) is 0.828. The topological polar surface area (TPSA) is 52.6 Å². The van der Waals surface area contributed by atoms with Crippen LogP contribution >= 0.6 is 0 Å². The molecule has 0 spiro atoms. The molecule has 0 N–H and O–H groups in total. The number of carbonyl (C=O) groups is 2. The second-order valence-electron chi connectivity index (χ2n) is 2.33. The van der Waals surface area contributed by atoms with E-state index >= 15 is 0 Å². The highest BCUT2D eigenvalue weighted by Gasteiger charge is 2.17. The highest BCUT2D eigenvalue weighted by Crippen LogP contribution is 2.00. The van der Waals surface area contributed by atoms with E-state index in [2.05, 4.69) is 9.47 Å². The molecule has 0 unspecified atom stereocenters. The summed E-state index contributed by atoms with van der Waals surface area (Å²) in [6.45, 7) is 0.655. The number of cyclic esters (lactones) is 2. The average Bonchev–Trinajstić information content (AvgIpc) is 2.07. The maximum Gasteiger partial charge on any atom is 0.417 e. The van der Waals surface area contributed by atoms with Crippen molar-refractivity contribution in [3.8, 4) is 0 Å². The highest BCUT2D eigenvalue weighted by atomic mass is 16.6. The first kappa shape index (κ1) is 8.04. The van der Waals surface area contributed by atoms with E-state index in [1.54, 1.807) is 0 Å². The lowest BCUT2D eigenvalue weighted by Crippen LogP contribution is -2.19. The third kappa shape index (κ3) is 2.57. The molecule has 4 heteroatoms. The van der Waals surface area contributed by atoms with Crippen molar-refractivity contribution < 1.29 is 19.1 Å². The van der Waals surface area contributed by atoms with Crippen LogP contribution in [-0.2, 0) is 19.1 Å². The molecule has 0 aliphatic carbocycles. The van der Waals surface area contributed by atoms with Crippen molar-refractivity contribution in [1.82, 2.24) is 0 Å². The quantitative estimate of drug-likeness (QED) is 0.374. The van der Waals surface area contributed by atoms with Gasteiger partial charge in [0.15, 0.2) is 0 Å². The summed E-state index contributed by atoms with van der Waals surface area (Å²) >= 11 is 0. The first-order chi connectivity index (χ1) is 5.30. The molecule has 62 valence electrons. The van der Waals surface area contributed by atoms with Crippen LogP contribution in [0, 0.1) is 0 Å². The van der Waals surface area contributed by atoms with Crippen LogP contribution in [0.3, 0.4) is 0 Å². The number of esters is 2. The Kier molecular flexibility index (Phi) is 2.89. The van der Waals surface area contributed by atoms with E-state index in [9.17, 15) is 9.59 Å². The minimum absolute atomic E-state index is 0.327. The molecular weight excluding hydrogens is 148 g/mol. The zero-order chi connectivity index (χ0) is 8.10. The van der Waals surface area contributed by atoms with Crippen LogP contribution in [0.1, 0.15) is 19.3 Å². The molecule has 0 aromatic rings. The molecule has 0 amide bonds. The summed E-state index contributed by atoms with van der Waals surface area (Å²) in [5.41, 5.74) is 0. The van der Waals surface area contributed by atoms with Crippen molar-refractivity contribution in [2.45, 2.75) is 19.3 Å². The van der Waals surface area contributed by atoms with Crippen molar-refractivity contribution >= 4 is 11.9 Å². The summed E-state index contributed by atoms with van der Waals surface area (Å²) in [5.74, 6) is -1.74. The van der Waals surface area contributed by atoms with E-state index in [-0.39, 0.29) is 0 Å². The number of hydrogen-bond donors (Lipinski definition) is 0. The van der Waals surface area contributed by atoms with Crippen LogP contribution in [0.4, 0.5) is 0 Å². The molecule has 0 aromatic carbocycles. The van der Waals surface area contributed by atoms with Crippen LogP contribution in [0.2, 0.25) is 0 Å². The SMILES string of the molecule is O=C1OCCCCCOC1=O. The Hall–Kier alpha value is -1.06. The molecule has 0 aromatic heterocycles. The molecular formula is C7H10O4. The molecule has 1 aliphatic rings. The summed E-state index contributed by atoms with van der Waals surface area (Å²) in [6, 6.07) is 0. The van der Waals surface area contributed by atoms with Gasteiger partial charge in [0.05, 0.1) is 13.2 Å².